The molecule has 2 heterocycles. The third kappa shape index (κ3) is 4.08. The molecule has 36 heavy (non-hydrogen) atoms. The van der Waals surface area contributed by atoms with Gasteiger partial charge in [-0.2, -0.15) is 0 Å². The van der Waals surface area contributed by atoms with Gasteiger partial charge in [0.05, 0.1) is 18.7 Å². The Bertz CT molecular complexity index is 1440. The van der Waals surface area contributed by atoms with E-state index in [1.165, 1.54) is 10.6 Å². The predicted molar refractivity (Wildman–Crippen MR) is 137 cm³/mol. The molecule has 0 radical (unpaired) electrons. The number of methoxy groups -OCH3 is 1. The van der Waals surface area contributed by atoms with Gasteiger partial charge in [-0.25, -0.2) is 4.99 Å². The summed E-state index contributed by atoms with van der Waals surface area (Å²) in [6.45, 7) is 0.346. The summed E-state index contributed by atoms with van der Waals surface area (Å²) in [6, 6.07) is 19.0. The van der Waals surface area contributed by atoms with Crippen LogP contribution in [0.5, 0.6) is 5.75 Å². The summed E-state index contributed by atoms with van der Waals surface area (Å²) in [7, 11) is 1.56. The summed E-state index contributed by atoms with van der Waals surface area (Å²) in [4.78, 5) is 44.2. The number of aliphatic imine (C=N–C) groups is 1. The van der Waals surface area contributed by atoms with Crippen LogP contribution in [0.25, 0.3) is 5.69 Å². The van der Waals surface area contributed by atoms with Crippen LogP contribution in [-0.4, -0.2) is 41.5 Å². The third-order valence-corrected chi connectivity index (χ3v) is 6.85. The molecule has 2 amide bonds. The number of ether oxygens (including phenoxy) is 1. The Morgan fingerprint density at radius 2 is 1.69 bits per heavy atom. The molecule has 1 aromatic heterocycles. The van der Waals surface area contributed by atoms with E-state index in [0.29, 0.717) is 29.4 Å². The normalized spacial score (nSPS) is 19.4. The van der Waals surface area contributed by atoms with E-state index in [0.717, 1.165) is 12.8 Å². The van der Waals surface area contributed by atoms with Crippen molar-refractivity contribution in [3.8, 4) is 11.4 Å². The van der Waals surface area contributed by atoms with Gasteiger partial charge in [0.1, 0.15) is 17.2 Å². The molecule has 3 N–H and O–H groups in total. The van der Waals surface area contributed by atoms with Crippen LogP contribution >= 0.6 is 0 Å². The van der Waals surface area contributed by atoms with E-state index < -0.39 is 17.2 Å². The van der Waals surface area contributed by atoms with E-state index in [2.05, 4.69) is 4.99 Å². The molecule has 0 bridgehead atoms. The molecule has 1 saturated carbocycles. The number of amides is 2. The van der Waals surface area contributed by atoms with Gasteiger partial charge in [0.25, 0.3) is 17.4 Å². The Labute approximate surface area is 207 Å². The average molecular weight is 484 g/mol. The van der Waals surface area contributed by atoms with Gasteiger partial charge in [0, 0.05) is 35.6 Å². The van der Waals surface area contributed by atoms with E-state index in [1.54, 1.807) is 78.9 Å². The number of nitrogens with two attached hydrogens (primary N) is 1. The number of benzene rings is 2. The van der Waals surface area contributed by atoms with Crippen molar-refractivity contribution < 1.29 is 14.3 Å². The largest absolute Gasteiger partial charge is 0.497 e. The molecule has 1 unspecified atom stereocenters. The van der Waals surface area contributed by atoms with Crippen molar-refractivity contribution in [1.29, 1.82) is 5.41 Å². The first-order valence-electron chi connectivity index (χ1n) is 11.5. The van der Waals surface area contributed by atoms with Crippen molar-refractivity contribution in [1.82, 2.24) is 4.57 Å². The number of carbonyl (C=O) groups excluding carboxylic acids is 2. The van der Waals surface area contributed by atoms with Gasteiger partial charge in [-0.15, -0.1) is 0 Å². The quantitative estimate of drug-likeness (QED) is 0.522. The van der Waals surface area contributed by atoms with Crippen LogP contribution in [0.1, 0.15) is 12.8 Å². The Morgan fingerprint density at radius 1 is 1.03 bits per heavy atom. The highest BCUT2D eigenvalue weighted by Crippen LogP contribution is 2.56. The standard InChI is InChI=1S/C27H25N5O4/c1-36-20-11-5-17(6-12-20)30-24-22(23(28)25(29)34)27(13-14-27)16-32(26(24)35)19-9-7-18(8-10-19)31-15-3-2-4-21(31)33/h2-12,15,22,28H,13-14,16H2,1H3,(H2,29,34). The summed E-state index contributed by atoms with van der Waals surface area (Å²) < 4.78 is 6.72. The van der Waals surface area contributed by atoms with Crippen molar-refractivity contribution in [2.75, 3.05) is 18.6 Å². The summed E-state index contributed by atoms with van der Waals surface area (Å²) in [5, 5.41) is 8.42. The fourth-order valence-electron chi connectivity index (χ4n) is 4.77. The molecule has 2 aromatic carbocycles. The number of carbonyl (C=O) groups is 2. The number of anilines is 1. The number of piperidine rings is 1. The van der Waals surface area contributed by atoms with Crippen LogP contribution < -0.4 is 20.9 Å². The highest BCUT2D eigenvalue weighted by atomic mass is 16.5. The molecular formula is C27H25N5O4. The molecule has 1 atom stereocenters. The number of rotatable bonds is 6. The zero-order chi connectivity index (χ0) is 25.4. The number of nitrogens with one attached hydrogen (secondary N) is 1. The maximum Gasteiger partial charge on any atom is 0.273 e. The van der Waals surface area contributed by atoms with Gasteiger partial charge in [-0.05, 0) is 67.4 Å². The lowest BCUT2D eigenvalue weighted by atomic mass is 9.76. The second kappa shape index (κ2) is 8.92. The number of primary amides is 1. The molecule has 182 valence electrons. The number of aromatic nitrogens is 1. The van der Waals surface area contributed by atoms with E-state index in [-0.39, 0.29) is 22.9 Å². The molecule has 1 aliphatic heterocycles. The second-order valence-corrected chi connectivity index (χ2v) is 9.08. The summed E-state index contributed by atoms with van der Waals surface area (Å²) >= 11 is 0. The maximum absolute atomic E-state index is 13.8. The zero-order valence-electron chi connectivity index (χ0n) is 19.7. The van der Waals surface area contributed by atoms with Crippen LogP contribution in [0.4, 0.5) is 11.4 Å². The number of hydrogen-bond donors (Lipinski definition) is 2. The molecule has 9 nitrogen and oxygen atoms in total. The first-order valence-corrected chi connectivity index (χ1v) is 11.5. The van der Waals surface area contributed by atoms with Crippen molar-refractivity contribution in [3.63, 3.8) is 0 Å². The highest BCUT2D eigenvalue weighted by Gasteiger charge is 2.60. The molecule has 9 heteroatoms. The first kappa shape index (κ1) is 23.2. The van der Waals surface area contributed by atoms with E-state index >= 15 is 0 Å². The predicted octanol–water partition coefficient (Wildman–Crippen LogP) is 2.87. The molecule has 2 aliphatic rings. The van der Waals surface area contributed by atoms with Gasteiger partial charge in [-0.1, -0.05) is 6.07 Å². The zero-order valence-corrected chi connectivity index (χ0v) is 19.7. The van der Waals surface area contributed by atoms with Crippen molar-refractivity contribution in [2.24, 2.45) is 22.1 Å². The fourth-order valence-corrected chi connectivity index (χ4v) is 4.77. The summed E-state index contributed by atoms with van der Waals surface area (Å²) in [5.41, 5.74) is 6.52. The minimum absolute atomic E-state index is 0.121. The Hall–Kier alpha value is -4.53. The van der Waals surface area contributed by atoms with Crippen LogP contribution in [0.15, 0.2) is 82.7 Å². The van der Waals surface area contributed by atoms with E-state index in [1.807, 2.05) is 0 Å². The van der Waals surface area contributed by atoms with Crippen LogP contribution in [0.3, 0.4) is 0 Å². The molecule has 2 fully saturated rings. The Balaban J connectivity index is 1.55. The second-order valence-electron chi connectivity index (χ2n) is 9.08. The topological polar surface area (TPSA) is 131 Å². The van der Waals surface area contributed by atoms with Crippen molar-refractivity contribution >= 4 is 34.6 Å². The lowest BCUT2D eigenvalue weighted by Crippen LogP contribution is -2.56. The van der Waals surface area contributed by atoms with Gasteiger partial charge in [-0.3, -0.25) is 24.4 Å². The number of pyridine rings is 1. The van der Waals surface area contributed by atoms with Crippen LogP contribution in [-0.2, 0) is 9.59 Å². The monoisotopic (exact) mass is 483 g/mol. The smallest absolute Gasteiger partial charge is 0.273 e. The van der Waals surface area contributed by atoms with Crippen molar-refractivity contribution in [3.05, 3.63) is 83.3 Å². The Kier molecular flexibility index (Phi) is 5.75. The minimum atomic E-state index is -0.854. The summed E-state index contributed by atoms with van der Waals surface area (Å²) in [5.74, 6) is -1.37. The van der Waals surface area contributed by atoms with Crippen LogP contribution in [0.2, 0.25) is 0 Å². The van der Waals surface area contributed by atoms with E-state index in [4.69, 9.17) is 15.9 Å². The molecule has 3 aromatic rings. The first-order chi connectivity index (χ1) is 17.3. The average Bonchev–Trinajstić information content (AvgIpc) is 3.66. The van der Waals surface area contributed by atoms with Crippen LogP contribution in [0, 0.1) is 16.7 Å². The van der Waals surface area contributed by atoms with Gasteiger partial charge >= 0.3 is 0 Å². The molecule has 1 saturated heterocycles. The van der Waals surface area contributed by atoms with Gasteiger partial charge in [0.2, 0.25) is 0 Å². The van der Waals surface area contributed by atoms with Crippen molar-refractivity contribution in [2.45, 2.75) is 12.8 Å². The third-order valence-electron chi connectivity index (χ3n) is 6.85. The lowest BCUT2D eigenvalue weighted by Gasteiger charge is -2.39. The van der Waals surface area contributed by atoms with E-state index in [9.17, 15) is 14.4 Å². The van der Waals surface area contributed by atoms with Gasteiger partial charge < -0.3 is 15.4 Å². The molecule has 1 aliphatic carbocycles. The molecular weight excluding hydrogens is 458 g/mol. The number of hydrogen-bond acceptors (Lipinski definition) is 6. The molecule has 1 spiro atoms. The van der Waals surface area contributed by atoms with Gasteiger partial charge in [0.15, 0.2) is 0 Å². The molecule has 5 rings (SSSR count). The Morgan fingerprint density at radius 3 is 2.28 bits per heavy atom. The lowest BCUT2D eigenvalue weighted by molar-refractivity contribution is -0.113. The highest BCUT2D eigenvalue weighted by molar-refractivity contribution is 6.54. The maximum atomic E-state index is 13.8. The fraction of sp³-hybridized carbons (Fsp3) is 0.222. The summed E-state index contributed by atoms with van der Waals surface area (Å²) in [6.07, 6.45) is 3.18. The SMILES string of the molecule is COc1ccc(N=C2C(=O)N(c3ccc(-n4ccccc4=O)cc3)CC3(CC3)C2C(=N)C(N)=O)cc1. The number of nitrogens with zero attached hydrogens (tertiary/aromatic N) is 3. The minimum Gasteiger partial charge on any atom is -0.497 e.